The first-order valence-corrected chi connectivity index (χ1v) is 5.31. The first-order chi connectivity index (χ1) is 9.45. The van der Waals surface area contributed by atoms with Crippen LogP contribution < -0.4 is 10.2 Å². The topological polar surface area (TPSA) is 49.7 Å². The number of benzene rings is 1. The second-order valence-corrected chi connectivity index (χ2v) is 3.98. The maximum absolute atomic E-state index is 12.7. The average molecular weight is 320 g/mol. The highest BCUT2D eigenvalue weighted by Crippen LogP contribution is 2.36. The third-order valence-electron chi connectivity index (χ3n) is 2.35. The minimum absolute atomic E-state index is 0.366. The van der Waals surface area contributed by atoms with Crippen molar-refractivity contribution in [3.63, 3.8) is 0 Å². The molecule has 0 saturated carbocycles. The van der Waals surface area contributed by atoms with Crippen molar-refractivity contribution in [1.82, 2.24) is 0 Å². The number of halogens is 7. The monoisotopic (exact) mass is 320 g/mol. The van der Waals surface area contributed by atoms with Gasteiger partial charge in [-0.25, -0.2) is 8.78 Å². The lowest BCUT2D eigenvalue weighted by molar-refractivity contribution is -0.153. The van der Waals surface area contributed by atoms with Gasteiger partial charge >= 0.3 is 25.6 Å². The lowest BCUT2D eigenvalue weighted by Crippen LogP contribution is -2.35. The molecule has 0 aliphatic carbocycles. The third-order valence-corrected chi connectivity index (χ3v) is 2.35. The molecular formula is C10H8BF7O3. The predicted molar refractivity (Wildman–Crippen MR) is 57.7 cm³/mol. The van der Waals surface area contributed by atoms with Gasteiger partial charge in [-0.15, -0.1) is 0 Å². The van der Waals surface area contributed by atoms with Crippen LogP contribution in [0.25, 0.3) is 0 Å². The van der Waals surface area contributed by atoms with Crippen molar-refractivity contribution in [1.29, 1.82) is 0 Å². The van der Waals surface area contributed by atoms with Crippen molar-refractivity contribution in [3.8, 4) is 5.75 Å². The fourth-order valence-corrected chi connectivity index (χ4v) is 1.29. The van der Waals surface area contributed by atoms with Crippen molar-refractivity contribution in [2.75, 3.05) is 6.61 Å². The van der Waals surface area contributed by atoms with Gasteiger partial charge in [-0.1, -0.05) is 6.07 Å². The number of ether oxygens (including phenoxy) is 1. The quantitative estimate of drug-likeness (QED) is 0.641. The second kappa shape index (κ2) is 6.10. The summed E-state index contributed by atoms with van der Waals surface area (Å²) in [7, 11) is -2.18. The molecular weight excluding hydrogens is 312 g/mol. The fraction of sp³-hybridized carbons (Fsp3) is 0.400. The number of hydrogen-bond donors (Lipinski definition) is 2. The molecule has 0 amide bonds. The van der Waals surface area contributed by atoms with Crippen LogP contribution in [0.15, 0.2) is 18.2 Å². The van der Waals surface area contributed by atoms with Crippen LogP contribution >= 0.6 is 0 Å². The Morgan fingerprint density at radius 1 is 1.10 bits per heavy atom. The molecule has 21 heavy (non-hydrogen) atoms. The minimum Gasteiger partial charge on any atom is -0.486 e. The zero-order valence-corrected chi connectivity index (χ0v) is 10.0. The predicted octanol–water partition coefficient (Wildman–Crippen LogP) is 1.66. The van der Waals surface area contributed by atoms with Crippen molar-refractivity contribution >= 4 is 12.6 Å². The molecule has 0 aliphatic rings. The van der Waals surface area contributed by atoms with Crippen molar-refractivity contribution in [3.05, 3.63) is 23.8 Å². The summed E-state index contributed by atoms with van der Waals surface area (Å²) in [6, 6.07) is 1.49. The normalized spacial score (nSPS) is 12.7. The molecule has 0 aliphatic heterocycles. The van der Waals surface area contributed by atoms with Gasteiger partial charge in [0.05, 0.1) is 5.56 Å². The Hall–Kier alpha value is -1.49. The fourth-order valence-electron chi connectivity index (χ4n) is 1.29. The Labute approximate surface area is 114 Å². The van der Waals surface area contributed by atoms with E-state index in [0.717, 1.165) is 0 Å². The summed E-state index contributed by atoms with van der Waals surface area (Å²) in [6.07, 6.45) is -9.10. The van der Waals surface area contributed by atoms with E-state index < -0.39 is 49.0 Å². The molecule has 118 valence electrons. The number of rotatable bonds is 5. The number of hydrogen-bond acceptors (Lipinski definition) is 3. The summed E-state index contributed by atoms with van der Waals surface area (Å²) in [5, 5.41) is 17.6. The average Bonchev–Trinajstić information content (AvgIpc) is 2.34. The van der Waals surface area contributed by atoms with E-state index in [1.165, 1.54) is 0 Å². The van der Waals surface area contributed by atoms with E-state index >= 15 is 0 Å². The summed E-state index contributed by atoms with van der Waals surface area (Å²) in [5.74, 6) is -5.84. The molecule has 0 fully saturated rings. The van der Waals surface area contributed by atoms with Crippen LogP contribution in [0.1, 0.15) is 5.56 Å². The minimum atomic E-state index is -4.99. The molecule has 0 unspecified atom stereocenters. The zero-order valence-electron chi connectivity index (χ0n) is 10.0. The van der Waals surface area contributed by atoms with E-state index in [0.29, 0.717) is 18.2 Å². The van der Waals surface area contributed by atoms with Gasteiger partial charge in [0.25, 0.3) is 0 Å². The van der Waals surface area contributed by atoms with Gasteiger partial charge in [0.15, 0.2) is 6.61 Å². The lowest BCUT2D eigenvalue weighted by Gasteiger charge is -2.19. The molecule has 3 nitrogen and oxygen atoms in total. The van der Waals surface area contributed by atoms with Gasteiger partial charge in [-0.3, -0.25) is 0 Å². The van der Waals surface area contributed by atoms with Crippen LogP contribution in [0.2, 0.25) is 0 Å². The van der Waals surface area contributed by atoms with Gasteiger partial charge in [-0.2, -0.15) is 22.0 Å². The van der Waals surface area contributed by atoms with Gasteiger partial charge < -0.3 is 14.8 Å². The smallest absolute Gasteiger partial charge is 0.486 e. The van der Waals surface area contributed by atoms with Crippen LogP contribution in [0.4, 0.5) is 30.7 Å². The lowest BCUT2D eigenvalue weighted by atomic mass is 9.80. The molecule has 0 bridgehead atoms. The van der Waals surface area contributed by atoms with E-state index in [1.54, 1.807) is 0 Å². The van der Waals surface area contributed by atoms with Crippen LogP contribution in [0.3, 0.4) is 0 Å². The number of alkyl halides is 7. The second-order valence-electron chi connectivity index (χ2n) is 3.98. The van der Waals surface area contributed by atoms with E-state index in [9.17, 15) is 30.7 Å². The Morgan fingerprint density at radius 2 is 1.67 bits per heavy atom. The highest BCUT2D eigenvalue weighted by atomic mass is 19.4. The molecule has 0 radical (unpaired) electrons. The molecule has 0 atom stereocenters. The molecule has 0 heterocycles. The van der Waals surface area contributed by atoms with Crippen molar-refractivity contribution in [2.24, 2.45) is 0 Å². The van der Waals surface area contributed by atoms with E-state index in [-0.39, 0.29) is 0 Å². The highest BCUT2D eigenvalue weighted by molar-refractivity contribution is 6.58. The SMILES string of the molecule is OB(O)c1ccc(C(F)(F)F)c(OCC(F)(F)C(F)F)c1. The van der Waals surface area contributed by atoms with Crippen LogP contribution in [0.5, 0.6) is 5.75 Å². The zero-order chi connectivity index (χ0) is 16.4. The van der Waals surface area contributed by atoms with E-state index in [2.05, 4.69) is 4.74 Å². The standard InChI is InChI=1S/C10H8BF7O3/c12-8(13)9(14,15)4-21-7-3-5(11(19)20)1-2-6(7)10(16,17)18/h1-3,8,19-20H,4H2. The highest BCUT2D eigenvalue weighted by Gasteiger charge is 2.43. The molecule has 1 aromatic carbocycles. The molecule has 11 heteroatoms. The first-order valence-electron chi connectivity index (χ1n) is 5.31. The summed E-state index contributed by atoms with van der Waals surface area (Å²) in [5.41, 5.74) is -1.98. The third kappa shape index (κ3) is 4.50. The molecule has 2 N–H and O–H groups in total. The Balaban J connectivity index is 3.10. The maximum atomic E-state index is 12.7. The summed E-state index contributed by atoms with van der Waals surface area (Å²) < 4.78 is 91.1. The maximum Gasteiger partial charge on any atom is 0.488 e. The van der Waals surface area contributed by atoms with Crippen LogP contribution in [-0.2, 0) is 6.18 Å². The molecule has 1 rings (SSSR count). The summed E-state index contributed by atoms with van der Waals surface area (Å²) >= 11 is 0. The largest absolute Gasteiger partial charge is 0.488 e. The van der Waals surface area contributed by atoms with Gasteiger partial charge in [0, 0.05) is 0 Å². The molecule has 0 aromatic heterocycles. The summed E-state index contributed by atoms with van der Waals surface area (Å²) in [4.78, 5) is 0. The van der Waals surface area contributed by atoms with Gasteiger partial charge in [0.2, 0.25) is 0 Å². The van der Waals surface area contributed by atoms with Crippen molar-refractivity contribution in [2.45, 2.75) is 18.5 Å². The Bertz CT molecular complexity index is 490. The van der Waals surface area contributed by atoms with E-state index in [1.807, 2.05) is 0 Å². The van der Waals surface area contributed by atoms with Crippen LogP contribution in [0, 0.1) is 0 Å². The van der Waals surface area contributed by atoms with Crippen molar-refractivity contribution < 1.29 is 45.5 Å². The van der Waals surface area contributed by atoms with Crippen LogP contribution in [-0.4, -0.2) is 36.1 Å². The Kier molecular flexibility index (Phi) is 5.10. The first kappa shape index (κ1) is 17.6. The van der Waals surface area contributed by atoms with E-state index in [4.69, 9.17) is 10.0 Å². The molecule has 0 spiro atoms. The summed E-state index contributed by atoms with van der Waals surface area (Å²) in [6.45, 7) is -1.99. The van der Waals surface area contributed by atoms with Gasteiger partial charge in [-0.05, 0) is 17.6 Å². The molecule has 0 saturated heterocycles. The molecule has 1 aromatic rings. The Morgan fingerprint density at radius 3 is 2.10 bits per heavy atom. The van der Waals surface area contributed by atoms with Gasteiger partial charge in [0.1, 0.15) is 5.75 Å².